The van der Waals surface area contributed by atoms with Gasteiger partial charge in [-0.15, -0.1) is 11.8 Å². The Balaban J connectivity index is 2.19. The third-order valence-electron chi connectivity index (χ3n) is 2.21. The predicted molar refractivity (Wildman–Crippen MR) is 41.8 cm³/mol. The molecule has 0 aromatic carbocycles. The average Bonchev–Trinajstić information content (AvgIpc) is 2.40. The van der Waals surface area contributed by atoms with Crippen molar-refractivity contribution in [2.24, 2.45) is 0 Å². The maximum Gasteiger partial charge on any atom is 0.223 e. The lowest BCUT2D eigenvalue weighted by atomic mass is 10.3. The standard InChI is InChI=1S/C7H11NOS/c1-5-4-10-7-3-2-6(9)8(5)7/h5,7H,2-4H2,1H3/t5?,7-/m0/s1. The lowest BCUT2D eigenvalue weighted by Crippen LogP contribution is -2.33. The molecular formula is C7H11NOS. The van der Waals surface area contributed by atoms with Gasteiger partial charge in [0.15, 0.2) is 0 Å². The first-order chi connectivity index (χ1) is 4.79. The molecule has 1 unspecified atom stereocenters. The van der Waals surface area contributed by atoms with Gasteiger partial charge in [0.1, 0.15) is 0 Å². The minimum absolute atomic E-state index is 0.363. The van der Waals surface area contributed by atoms with Crippen molar-refractivity contribution in [3.63, 3.8) is 0 Å². The van der Waals surface area contributed by atoms with E-state index in [9.17, 15) is 4.79 Å². The van der Waals surface area contributed by atoms with Crippen LogP contribution in [0.1, 0.15) is 19.8 Å². The molecule has 56 valence electrons. The van der Waals surface area contributed by atoms with E-state index in [1.165, 1.54) is 0 Å². The summed E-state index contributed by atoms with van der Waals surface area (Å²) in [6.45, 7) is 2.14. The van der Waals surface area contributed by atoms with Crippen molar-refractivity contribution >= 4 is 17.7 Å². The number of amides is 1. The van der Waals surface area contributed by atoms with Gasteiger partial charge in [-0.3, -0.25) is 4.79 Å². The van der Waals surface area contributed by atoms with Gasteiger partial charge in [-0.2, -0.15) is 0 Å². The van der Waals surface area contributed by atoms with Crippen molar-refractivity contribution in [1.29, 1.82) is 0 Å². The van der Waals surface area contributed by atoms with Crippen LogP contribution in [-0.2, 0) is 4.79 Å². The molecule has 0 saturated carbocycles. The Labute approximate surface area is 65.0 Å². The van der Waals surface area contributed by atoms with E-state index in [-0.39, 0.29) is 0 Å². The number of thioether (sulfide) groups is 1. The van der Waals surface area contributed by atoms with E-state index in [4.69, 9.17) is 0 Å². The molecule has 0 aliphatic carbocycles. The molecule has 2 atom stereocenters. The summed E-state index contributed by atoms with van der Waals surface area (Å²) in [5.74, 6) is 1.50. The van der Waals surface area contributed by atoms with Gasteiger partial charge in [0, 0.05) is 18.2 Å². The van der Waals surface area contributed by atoms with Gasteiger partial charge in [0.2, 0.25) is 5.91 Å². The molecule has 2 saturated heterocycles. The molecule has 0 aromatic rings. The molecule has 0 radical (unpaired) electrons. The van der Waals surface area contributed by atoms with E-state index in [2.05, 4.69) is 6.92 Å². The number of carbonyl (C=O) groups excluding carboxylic acids is 1. The second-order valence-corrected chi connectivity index (χ2v) is 4.19. The van der Waals surface area contributed by atoms with Crippen LogP contribution < -0.4 is 0 Å². The summed E-state index contributed by atoms with van der Waals surface area (Å²) < 4.78 is 0. The molecule has 0 spiro atoms. The normalized spacial score (nSPS) is 38.9. The van der Waals surface area contributed by atoms with Crippen LogP contribution in [0.4, 0.5) is 0 Å². The molecule has 0 aromatic heterocycles. The van der Waals surface area contributed by atoms with Crippen LogP contribution in [0, 0.1) is 0 Å². The quantitative estimate of drug-likeness (QED) is 0.524. The minimum Gasteiger partial charge on any atom is -0.327 e. The Morgan fingerprint density at radius 2 is 2.50 bits per heavy atom. The van der Waals surface area contributed by atoms with E-state index in [0.717, 1.165) is 18.6 Å². The summed E-state index contributed by atoms with van der Waals surface area (Å²) in [6.07, 6.45) is 1.86. The van der Waals surface area contributed by atoms with Gasteiger partial charge in [0.05, 0.1) is 5.37 Å². The molecule has 2 aliphatic heterocycles. The predicted octanol–water partition coefficient (Wildman–Crippen LogP) is 1.07. The number of nitrogens with zero attached hydrogens (tertiary/aromatic N) is 1. The van der Waals surface area contributed by atoms with Gasteiger partial charge in [0.25, 0.3) is 0 Å². The second kappa shape index (κ2) is 2.16. The van der Waals surface area contributed by atoms with Crippen LogP contribution in [-0.4, -0.2) is 28.0 Å². The topological polar surface area (TPSA) is 20.3 Å². The number of carbonyl (C=O) groups is 1. The Kier molecular flexibility index (Phi) is 1.41. The van der Waals surface area contributed by atoms with Crippen molar-refractivity contribution < 1.29 is 4.79 Å². The van der Waals surface area contributed by atoms with E-state index in [1.54, 1.807) is 0 Å². The summed E-state index contributed by atoms with van der Waals surface area (Å²) in [4.78, 5) is 13.2. The van der Waals surface area contributed by atoms with Gasteiger partial charge in [-0.1, -0.05) is 0 Å². The van der Waals surface area contributed by atoms with E-state index >= 15 is 0 Å². The molecule has 2 fully saturated rings. The van der Waals surface area contributed by atoms with Gasteiger partial charge in [-0.05, 0) is 13.3 Å². The monoisotopic (exact) mass is 157 g/mol. The Morgan fingerprint density at radius 3 is 3.20 bits per heavy atom. The van der Waals surface area contributed by atoms with E-state index in [1.807, 2.05) is 16.7 Å². The van der Waals surface area contributed by atoms with E-state index in [0.29, 0.717) is 17.3 Å². The molecule has 1 amide bonds. The molecule has 2 nitrogen and oxygen atoms in total. The lowest BCUT2D eigenvalue weighted by Gasteiger charge is -2.18. The van der Waals surface area contributed by atoms with Crippen molar-refractivity contribution in [1.82, 2.24) is 4.90 Å². The number of fused-ring (bicyclic) bond motifs is 1. The van der Waals surface area contributed by atoms with Crippen molar-refractivity contribution in [3.8, 4) is 0 Å². The van der Waals surface area contributed by atoms with Crippen molar-refractivity contribution in [2.75, 3.05) is 5.75 Å². The van der Waals surface area contributed by atoms with Gasteiger partial charge >= 0.3 is 0 Å². The third kappa shape index (κ3) is 0.764. The fraction of sp³-hybridized carbons (Fsp3) is 0.857. The van der Waals surface area contributed by atoms with Crippen LogP contribution in [0.25, 0.3) is 0 Å². The van der Waals surface area contributed by atoms with Crippen LogP contribution in [0.2, 0.25) is 0 Å². The molecule has 3 heteroatoms. The van der Waals surface area contributed by atoms with Crippen molar-refractivity contribution in [3.05, 3.63) is 0 Å². The van der Waals surface area contributed by atoms with Gasteiger partial charge in [-0.25, -0.2) is 0 Å². The highest BCUT2D eigenvalue weighted by molar-refractivity contribution is 8.00. The Morgan fingerprint density at radius 1 is 1.70 bits per heavy atom. The molecule has 0 bridgehead atoms. The average molecular weight is 157 g/mol. The molecule has 0 N–H and O–H groups in total. The summed E-state index contributed by atoms with van der Waals surface area (Å²) in [6, 6.07) is 0.491. The maximum atomic E-state index is 11.2. The highest BCUT2D eigenvalue weighted by Gasteiger charge is 2.39. The Bertz CT molecular complexity index is 171. The van der Waals surface area contributed by atoms with Gasteiger partial charge < -0.3 is 4.90 Å². The zero-order valence-electron chi connectivity index (χ0n) is 6.04. The first kappa shape index (κ1) is 6.53. The zero-order valence-corrected chi connectivity index (χ0v) is 6.86. The lowest BCUT2D eigenvalue weighted by molar-refractivity contribution is -0.129. The number of hydrogen-bond acceptors (Lipinski definition) is 2. The minimum atomic E-state index is 0.363. The summed E-state index contributed by atoms with van der Waals surface area (Å²) >= 11 is 1.93. The molecule has 2 heterocycles. The Hall–Kier alpha value is -0.180. The summed E-state index contributed by atoms with van der Waals surface area (Å²) in [7, 11) is 0. The SMILES string of the molecule is CC1CS[C@H]2CCC(=O)N12. The van der Waals surface area contributed by atoms with Crippen LogP contribution in [0.3, 0.4) is 0 Å². The van der Waals surface area contributed by atoms with Crippen LogP contribution in [0.15, 0.2) is 0 Å². The van der Waals surface area contributed by atoms with Crippen LogP contribution >= 0.6 is 11.8 Å². The van der Waals surface area contributed by atoms with E-state index < -0.39 is 0 Å². The molecule has 2 aliphatic rings. The highest BCUT2D eigenvalue weighted by atomic mass is 32.2. The second-order valence-electron chi connectivity index (χ2n) is 2.98. The first-order valence-corrected chi connectivity index (χ1v) is 4.76. The largest absolute Gasteiger partial charge is 0.327 e. The summed E-state index contributed by atoms with van der Waals surface area (Å²) in [5, 5.41) is 0.530. The molecule has 10 heavy (non-hydrogen) atoms. The zero-order chi connectivity index (χ0) is 7.14. The maximum absolute atomic E-state index is 11.2. The fourth-order valence-corrected chi connectivity index (χ4v) is 3.13. The van der Waals surface area contributed by atoms with Crippen LogP contribution in [0.5, 0.6) is 0 Å². The highest BCUT2D eigenvalue weighted by Crippen LogP contribution is 2.36. The number of rotatable bonds is 0. The smallest absolute Gasteiger partial charge is 0.223 e. The fourth-order valence-electron chi connectivity index (χ4n) is 1.70. The first-order valence-electron chi connectivity index (χ1n) is 3.72. The number of hydrogen-bond donors (Lipinski definition) is 0. The van der Waals surface area contributed by atoms with Crippen molar-refractivity contribution in [2.45, 2.75) is 31.2 Å². The molecule has 2 rings (SSSR count). The summed E-state index contributed by atoms with van der Waals surface area (Å²) in [5.41, 5.74) is 0. The molecular weight excluding hydrogens is 146 g/mol. The third-order valence-corrected chi connectivity index (χ3v) is 3.73.